The van der Waals surface area contributed by atoms with Crippen LogP contribution in [0.1, 0.15) is 19.3 Å². The number of nitrogens with zero attached hydrogens (tertiary/aromatic N) is 2. The quantitative estimate of drug-likeness (QED) is 0.617. The van der Waals surface area contributed by atoms with Gasteiger partial charge in [0, 0.05) is 19.6 Å². The number of morpholine rings is 1. The van der Waals surface area contributed by atoms with E-state index in [0.717, 1.165) is 45.6 Å². The molecule has 16 heavy (non-hydrogen) atoms. The Morgan fingerprint density at radius 2 is 2.12 bits per heavy atom. The Balaban J connectivity index is 2.12. The Hall–Kier alpha value is -0.190. The lowest BCUT2D eigenvalue weighted by Crippen LogP contribution is -2.46. The number of ether oxygens (including phenoxy) is 1. The van der Waals surface area contributed by atoms with Crippen LogP contribution >= 0.6 is 0 Å². The molecule has 4 heteroatoms. The van der Waals surface area contributed by atoms with Gasteiger partial charge in [0.15, 0.2) is 0 Å². The van der Waals surface area contributed by atoms with Gasteiger partial charge in [0.2, 0.25) is 0 Å². The van der Waals surface area contributed by atoms with Crippen LogP contribution in [0.3, 0.4) is 0 Å². The van der Waals surface area contributed by atoms with Crippen molar-refractivity contribution in [2.75, 3.05) is 53.6 Å². The molecule has 1 aliphatic rings. The second-order valence-corrected chi connectivity index (χ2v) is 4.81. The van der Waals surface area contributed by atoms with Gasteiger partial charge in [0.05, 0.1) is 19.4 Å². The average Bonchev–Trinajstić information content (AvgIpc) is 2.24. The van der Waals surface area contributed by atoms with E-state index in [1.165, 1.54) is 0 Å². The molecule has 0 aromatic heterocycles. The summed E-state index contributed by atoms with van der Waals surface area (Å²) in [6, 6.07) is 0. The third-order valence-electron chi connectivity index (χ3n) is 2.90. The monoisotopic (exact) mass is 232 g/mol. The highest BCUT2D eigenvalue weighted by Gasteiger charge is 2.20. The van der Waals surface area contributed by atoms with E-state index in [0.29, 0.717) is 12.5 Å². The molecular weight excluding hydrogens is 207 g/mol. The van der Waals surface area contributed by atoms with E-state index in [4.69, 9.17) is 4.74 Å². The van der Waals surface area contributed by atoms with Crippen molar-refractivity contribution in [1.82, 2.24) is 9.80 Å². The Morgan fingerprint density at radius 3 is 2.81 bits per heavy atom. The zero-order valence-corrected chi connectivity index (χ0v) is 10.6. The minimum absolute atomic E-state index is 0.174. The summed E-state index contributed by atoms with van der Waals surface area (Å²) >= 11 is 0. The van der Waals surface area contributed by atoms with Crippen LogP contribution in [0.5, 0.6) is 0 Å². The van der Waals surface area contributed by atoms with Gasteiger partial charge in [0.1, 0.15) is 0 Å². The molecule has 1 rings (SSSR count). The van der Waals surface area contributed by atoms with Gasteiger partial charge in [-0.1, -0.05) is 0 Å². The first-order valence-electron chi connectivity index (χ1n) is 6.27. The van der Waals surface area contributed by atoms with E-state index in [1.807, 2.05) is 0 Å². The average molecular weight is 232 g/mol. The maximum Gasteiger partial charge on any atom is 0.0894 e. The highest BCUT2D eigenvalue weighted by molar-refractivity contribution is 4.73. The van der Waals surface area contributed by atoms with Crippen molar-refractivity contribution < 1.29 is 9.13 Å². The van der Waals surface area contributed by atoms with Gasteiger partial charge >= 0.3 is 0 Å². The summed E-state index contributed by atoms with van der Waals surface area (Å²) < 4.78 is 17.6. The van der Waals surface area contributed by atoms with Crippen molar-refractivity contribution in [3.63, 3.8) is 0 Å². The number of rotatable bonds is 7. The molecule has 1 atom stereocenters. The molecular formula is C12H25FN2O. The zero-order valence-electron chi connectivity index (χ0n) is 10.6. The fourth-order valence-corrected chi connectivity index (χ4v) is 2.11. The van der Waals surface area contributed by atoms with Crippen molar-refractivity contribution in [2.45, 2.75) is 25.4 Å². The summed E-state index contributed by atoms with van der Waals surface area (Å²) in [6.45, 7) is 4.79. The van der Waals surface area contributed by atoms with Crippen LogP contribution in [0.25, 0.3) is 0 Å². The van der Waals surface area contributed by atoms with Crippen LogP contribution in [-0.4, -0.2) is 69.5 Å². The van der Waals surface area contributed by atoms with Gasteiger partial charge in [-0.15, -0.1) is 0 Å². The number of halogens is 1. The standard InChI is InChI=1S/C12H25FN2O/c1-14(2)10-12-11-15(8-9-16-12)7-5-3-4-6-13/h12H,3-11H2,1-2H3/t12-/m1/s1. The van der Waals surface area contributed by atoms with Crippen molar-refractivity contribution in [2.24, 2.45) is 0 Å². The fraction of sp³-hybridized carbons (Fsp3) is 1.00. The Bertz CT molecular complexity index is 178. The minimum atomic E-state index is -0.174. The van der Waals surface area contributed by atoms with Gasteiger partial charge in [-0.05, 0) is 39.9 Å². The van der Waals surface area contributed by atoms with Gasteiger partial charge in [-0.25, -0.2) is 0 Å². The van der Waals surface area contributed by atoms with Gasteiger partial charge in [0.25, 0.3) is 0 Å². The maximum atomic E-state index is 11.9. The highest BCUT2D eigenvalue weighted by atomic mass is 19.1. The molecule has 0 amide bonds. The molecule has 0 aliphatic carbocycles. The molecule has 1 heterocycles. The number of alkyl halides is 1. The lowest BCUT2D eigenvalue weighted by Gasteiger charge is -2.34. The third kappa shape index (κ3) is 5.77. The molecule has 0 bridgehead atoms. The smallest absolute Gasteiger partial charge is 0.0894 e. The molecule has 0 N–H and O–H groups in total. The zero-order chi connectivity index (χ0) is 11.8. The third-order valence-corrected chi connectivity index (χ3v) is 2.90. The van der Waals surface area contributed by atoms with Crippen LogP contribution in [0, 0.1) is 0 Å². The van der Waals surface area contributed by atoms with Crippen LogP contribution < -0.4 is 0 Å². The minimum Gasteiger partial charge on any atom is -0.374 e. The van der Waals surface area contributed by atoms with Crippen molar-refractivity contribution in [3.8, 4) is 0 Å². The van der Waals surface area contributed by atoms with Gasteiger partial charge < -0.3 is 9.64 Å². The van der Waals surface area contributed by atoms with Crippen LogP contribution in [0.15, 0.2) is 0 Å². The van der Waals surface area contributed by atoms with Crippen molar-refractivity contribution in [1.29, 1.82) is 0 Å². The van der Waals surface area contributed by atoms with E-state index in [2.05, 4.69) is 23.9 Å². The number of unbranched alkanes of at least 4 members (excludes halogenated alkanes) is 2. The van der Waals surface area contributed by atoms with E-state index in [1.54, 1.807) is 0 Å². The molecule has 0 spiro atoms. The first-order valence-corrected chi connectivity index (χ1v) is 6.27. The lowest BCUT2D eigenvalue weighted by molar-refractivity contribution is -0.0383. The number of hydrogen-bond donors (Lipinski definition) is 0. The Labute approximate surface area is 98.5 Å². The van der Waals surface area contributed by atoms with E-state index >= 15 is 0 Å². The molecule has 96 valence electrons. The second kappa shape index (κ2) is 7.98. The molecule has 1 aliphatic heterocycles. The van der Waals surface area contributed by atoms with Gasteiger partial charge in [-0.3, -0.25) is 9.29 Å². The van der Waals surface area contributed by atoms with Crippen LogP contribution in [0.2, 0.25) is 0 Å². The Kier molecular flexibility index (Phi) is 6.92. The van der Waals surface area contributed by atoms with Crippen LogP contribution in [-0.2, 0) is 4.74 Å². The Morgan fingerprint density at radius 1 is 1.31 bits per heavy atom. The largest absolute Gasteiger partial charge is 0.374 e. The van der Waals surface area contributed by atoms with E-state index < -0.39 is 0 Å². The predicted molar refractivity (Wildman–Crippen MR) is 64.6 cm³/mol. The molecule has 1 fully saturated rings. The first-order chi connectivity index (χ1) is 7.72. The fourth-order valence-electron chi connectivity index (χ4n) is 2.11. The summed E-state index contributed by atoms with van der Waals surface area (Å²) in [6.07, 6.45) is 3.17. The highest BCUT2D eigenvalue weighted by Crippen LogP contribution is 2.08. The second-order valence-electron chi connectivity index (χ2n) is 4.81. The number of likely N-dealkylation sites (N-methyl/N-ethyl adjacent to an activating group) is 1. The maximum absolute atomic E-state index is 11.9. The van der Waals surface area contributed by atoms with Crippen LogP contribution in [0.4, 0.5) is 4.39 Å². The number of hydrogen-bond acceptors (Lipinski definition) is 3. The normalized spacial score (nSPS) is 22.9. The van der Waals surface area contributed by atoms with E-state index in [-0.39, 0.29) is 6.67 Å². The summed E-state index contributed by atoms with van der Waals surface area (Å²) in [5.74, 6) is 0. The topological polar surface area (TPSA) is 15.7 Å². The van der Waals surface area contributed by atoms with Gasteiger partial charge in [-0.2, -0.15) is 0 Å². The first kappa shape index (κ1) is 13.9. The summed E-state index contributed by atoms with van der Waals surface area (Å²) in [7, 11) is 4.15. The summed E-state index contributed by atoms with van der Waals surface area (Å²) in [5.41, 5.74) is 0. The summed E-state index contributed by atoms with van der Waals surface area (Å²) in [5, 5.41) is 0. The SMILES string of the molecule is CN(C)C[C@@H]1CN(CCCCCF)CCO1. The van der Waals surface area contributed by atoms with Crippen molar-refractivity contribution in [3.05, 3.63) is 0 Å². The molecule has 3 nitrogen and oxygen atoms in total. The van der Waals surface area contributed by atoms with E-state index in [9.17, 15) is 4.39 Å². The molecule has 0 unspecified atom stereocenters. The summed E-state index contributed by atoms with van der Waals surface area (Å²) in [4.78, 5) is 4.60. The molecule has 1 saturated heterocycles. The molecule has 0 aromatic carbocycles. The van der Waals surface area contributed by atoms with Crippen molar-refractivity contribution >= 4 is 0 Å². The molecule has 0 radical (unpaired) electrons. The molecule has 0 aromatic rings. The predicted octanol–water partition coefficient (Wildman–Crippen LogP) is 1.39. The lowest BCUT2D eigenvalue weighted by atomic mass is 10.2. The molecule has 0 saturated carbocycles.